The summed E-state index contributed by atoms with van der Waals surface area (Å²) in [5.41, 5.74) is 0.895. The van der Waals surface area contributed by atoms with Crippen LogP contribution in [0.1, 0.15) is 5.56 Å². The van der Waals surface area contributed by atoms with Crippen molar-refractivity contribution in [3.05, 3.63) is 29.8 Å². The van der Waals surface area contributed by atoms with Crippen molar-refractivity contribution >= 4 is 28.8 Å². The molecule has 1 aromatic rings. The van der Waals surface area contributed by atoms with E-state index in [1.807, 2.05) is 11.0 Å². The summed E-state index contributed by atoms with van der Waals surface area (Å²) in [6.45, 7) is 2.38. The third-order valence-electron chi connectivity index (χ3n) is 2.79. The second-order valence-electron chi connectivity index (χ2n) is 4.02. The lowest BCUT2D eigenvalue weighted by Gasteiger charge is -2.28. The topological polar surface area (TPSA) is 65.4 Å². The maximum Gasteiger partial charge on any atom is 0.283 e. The molecule has 0 unspecified atom stereocenters. The number of nitrogens with zero attached hydrogens (tertiary/aromatic N) is 2. The number of benzene rings is 1. The lowest BCUT2D eigenvalue weighted by atomic mass is 10.2. The second-order valence-corrected chi connectivity index (χ2v) is 4.40. The van der Waals surface area contributed by atoms with Crippen molar-refractivity contribution < 1.29 is 9.53 Å². The number of thiocarbonyl (C=S) groups is 1. The molecule has 1 aliphatic rings. The van der Waals surface area contributed by atoms with Crippen LogP contribution >= 0.6 is 12.2 Å². The highest BCUT2D eigenvalue weighted by atomic mass is 32.1. The predicted octanol–water partition coefficient (Wildman–Crippen LogP) is 1.16. The van der Waals surface area contributed by atoms with E-state index in [1.165, 1.54) is 0 Å². The van der Waals surface area contributed by atoms with E-state index in [-0.39, 0.29) is 10.9 Å². The van der Waals surface area contributed by atoms with E-state index in [1.54, 1.807) is 24.3 Å². The lowest BCUT2D eigenvalue weighted by molar-refractivity contribution is -0.111. The monoisotopic (exact) mass is 275 g/mol. The van der Waals surface area contributed by atoms with E-state index in [0.29, 0.717) is 37.6 Å². The highest BCUT2D eigenvalue weighted by Gasteiger charge is 2.20. The predicted molar refractivity (Wildman–Crippen MR) is 74.8 cm³/mol. The molecule has 6 heteroatoms. The van der Waals surface area contributed by atoms with Crippen LogP contribution in [0.15, 0.2) is 24.3 Å². The number of anilines is 1. The number of carbonyl (C=O) groups excluding carboxylic acids is 1. The van der Waals surface area contributed by atoms with Crippen LogP contribution in [-0.4, -0.2) is 42.1 Å². The minimum absolute atomic E-state index is 0.232. The third kappa shape index (κ3) is 3.28. The molecule has 0 aromatic heterocycles. The summed E-state index contributed by atoms with van der Waals surface area (Å²) in [6, 6.07) is 8.86. The summed E-state index contributed by atoms with van der Waals surface area (Å²) >= 11 is 5.15. The first-order chi connectivity index (χ1) is 9.22. The Hall–Kier alpha value is -1.97. The van der Waals surface area contributed by atoms with Crippen molar-refractivity contribution in [2.75, 3.05) is 31.6 Å². The number of morpholine rings is 1. The minimum Gasteiger partial charge on any atom is -0.378 e. The summed E-state index contributed by atoms with van der Waals surface area (Å²) in [6.07, 6.45) is 0. The summed E-state index contributed by atoms with van der Waals surface area (Å²) in [7, 11) is 0. The number of nitrogens with one attached hydrogen (secondary N) is 1. The summed E-state index contributed by atoms with van der Waals surface area (Å²) in [4.78, 5) is 14.1. The average Bonchev–Trinajstić information content (AvgIpc) is 2.48. The normalized spacial score (nSPS) is 14.6. The molecule has 1 N–H and O–H groups in total. The first-order valence-electron chi connectivity index (χ1n) is 5.89. The van der Waals surface area contributed by atoms with Crippen molar-refractivity contribution in [1.82, 2.24) is 4.90 Å². The van der Waals surface area contributed by atoms with E-state index in [4.69, 9.17) is 22.2 Å². The average molecular weight is 275 g/mol. The molecule has 1 heterocycles. The lowest BCUT2D eigenvalue weighted by Crippen LogP contribution is -2.44. The van der Waals surface area contributed by atoms with E-state index in [2.05, 4.69) is 5.32 Å². The van der Waals surface area contributed by atoms with E-state index in [9.17, 15) is 4.79 Å². The highest BCUT2D eigenvalue weighted by Crippen LogP contribution is 2.14. The van der Waals surface area contributed by atoms with Crippen molar-refractivity contribution in [3.8, 4) is 6.07 Å². The van der Waals surface area contributed by atoms with Gasteiger partial charge in [-0.15, -0.1) is 0 Å². The van der Waals surface area contributed by atoms with Crippen molar-refractivity contribution in [2.45, 2.75) is 0 Å². The Morgan fingerprint density at radius 3 is 2.74 bits per heavy atom. The van der Waals surface area contributed by atoms with Crippen LogP contribution in [0.25, 0.3) is 0 Å². The largest absolute Gasteiger partial charge is 0.378 e. The summed E-state index contributed by atoms with van der Waals surface area (Å²) in [5, 5.41) is 11.6. The zero-order chi connectivity index (χ0) is 13.7. The van der Waals surface area contributed by atoms with Gasteiger partial charge in [0.25, 0.3) is 5.91 Å². The van der Waals surface area contributed by atoms with Gasteiger partial charge < -0.3 is 15.0 Å². The van der Waals surface area contributed by atoms with Gasteiger partial charge >= 0.3 is 0 Å². The highest BCUT2D eigenvalue weighted by molar-refractivity contribution is 7.82. The van der Waals surface area contributed by atoms with Crippen LogP contribution in [0, 0.1) is 11.3 Å². The van der Waals surface area contributed by atoms with Crippen LogP contribution in [0.3, 0.4) is 0 Å². The second kappa shape index (κ2) is 6.27. The number of nitriles is 1. The molecular formula is C13H13N3O2S. The van der Waals surface area contributed by atoms with Crippen LogP contribution in [-0.2, 0) is 9.53 Å². The Labute approximate surface area is 116 Å². The quantitative estimate of drug-likeness (QED) is 0.779. The molecule has 0 aliphatic carbocycles. The molecule has 0 radical (unpaired) electrons. The first-order valence-corrected chi connectivity index (χ1v) is 6.30. The minimum atomic E-state index is -0.361. The molecular weight excluding hydrogens is 262 g/mol. The Morgan fingerprint density at radius 1 is 1.37 bits per heavy atom. The van der Waals surface area contributed by atoms with Gasteiger partial charge in [-0.3, -0.25) is 4.79 Å². The van der Waals surface area contributed by atoms with Gasteiger partial charge in [0.1, 0.15) is 6.07 Å². The molecule has 5 nitrogen and oxygen atoms in total. The SMILES string of the molecule is N#Cc1ccccc1NC(=O)C(=S)N1CCOCC1. The van der Waals surface area contributed by atoms with E-state index < -0.39 is 0 Å². The smallest absolute Gasteiger partial charge is 0.283 e. The molecule has 2 rings (SSSR count). The maximum atomic E-state index is 12.0. The molecule has 1 saturated heterocycles. The zero-order valence-corrected chi connectivity index (χ0v) is 11.1. The zero-order valence-electron chi connectivity index (χ0n) is 10.3. The van der Waals surface area contributed by atoms with Gasteiger partial charge in [0, 0.05) is 13.1 Å². The number of ether oxygens (including phenoxy) is 1. The molecule has 0 spiro atoms. The molecule has 98 valence electrons. The summed E-state index contributed by atoms with van der Waals surface area (Å²) in [5.74, 6) is -0.361. The fourth-order valence-electron chi connectivity index (χ4n) is 1.78. The Balaban J connectivity index is 2.04. The molecule has 1 amide bonds. The van der Waals surface area contributed by atoms with Gasteiger partial charge in [0.15, 0.2) is 4.99 Å². The Morgan fingerprint density at radius 2 is 2.05 bits per heavy atom. The standard InChI is InChI=1S/C13H13N3O2S/c14-9-10-3-1-2-4-11(10)15-12(17)13(19)16-5-7-18-8-6-16/h1-4H,5-8H2,(H,15,17). The molecule has 0 bridgehead atoms. The van der Waals surface area contributed by atoms with Crippen molar-refractivity contribution in [3.63, 3.8) is 0 Å². The maximum absolute atomic E-state index is 12.0. The fourth-order valence-corrected chi connectivity index (χ4v) is 2.01. The third-order valence-corrected chi connectivity index (χ3v) is 3.23. The number of carbonyl (C=O) groups is 1. The first kappa shape index (κ1) is 13.5. The number of hydrogen-bond donors (Lipinski definition) is 1. The van der Waals surface area contributed by atoms with Crippen LogP contribution in [0.4, 0.5) is 5.69 Å². The Kier molecular flexibility index (Phi) is 4.44. The van der Waals surface area contributed by atoms with Crippen LogP contribution in [0.5, 0.6) is 0 Å². The number of para-hydroxylation sites is 1. The number of rotatable bonds is 1. The fraction of sp³-hybridized carbons (Fsp3) is 0.308. The van der Waals surface area contributed by atoms with Gasteiger partial charge in [-0.05, 0) is 12.1 Å². The molecule has 1 fully saturated rings. The van der Waals surface area contributed by atoms with Gasteiger partial charge in [0.2, 0.25) is 0 Å². The number of hydrogen-bond acceptors (Lipinski definition) is 4. The molecule has 19 heavy (non-hydrogen) atoms. The molecule has 1 aliphatic heterocycles. The van der Waals surface area contributed by atoms with Crippen molar-refractivity contribution in [2.24, 2.45) is 0 Å². The number of amides is 1. The van der Waals surface area contributed by atoms with Gasteiger partial charge in [-0.25, -0.2) is 0 Å². The van der Waals surface area contributed by atoms with Gasteiger partial charge in [0.05, 0.1) is 24.5 Å². The summed E-state index contributed by atoms with van der Waals surface area (Å²) < 4.78 is 5.21. The van der Waals surface area contributed by atoms with E-state index in [0.717, 1.165) is 0 Å². The molecule has 1 aromatic carbocycles. The van der Waals surface area contributed by atoms with Crippen molar-refractivity contribution in [1.29, 1.82) is 5.26 Å². The molecule has 0 saturated carbocycles. The van der Waals surface area contributed by atoms with E-state index >= 15 is 0 Å². The van der Waals surface area contributed by atoms with Crippen LogP contribution in [0.2, 0.25) is 0 Å². The Bertz CT molecular complexity index is 533. The van der Waals surface area contributed by atoms with Crippen LogP contribution < -0.4 is 5.32 Å². The van der Waals surface area contributed by atoms with Gasteiger partial charge in [-0.1, -0.05) is 24.4 Å². The van der Waals surface area contributed by atoms with Gasteiger partial charge in [-0.2, -0.15) is 5.26 Å². The molecule has 0 atom stereocenters.